The van der Waals surface area contributed by atoms with E-state index in [0.29, 0.717) is 5.88 Å². The van der Waals surface area contributed by atoms with Crippen LogP contribution >= 0.6 is 23.4 Å². The van der Waals surface area contributed by atoms with Crippen molar-refractivity contribution in [2.75, 3.05) is 29.5 Å². The molecule has 1 aliphatic heterocycles. The van der Waals surface area contributed by atoms with Gasteiger partial charge < -0.3 is 4.90 Å². The molecule has 1 aromatic carbocycles. The Morgan fingerprint density at radius 3 is 2.76 bits per heavy atom. The van der Waals surface area contributed by atoms with Gasteiger partial charge in [-0.25, -0.2) is 4.68 Å². The lowest BCUT2D eigenvalue weighted by Gasteiger charge is -2.24. The highest BCUT2D eigenvalue weighted by atomic mass is 35.5. The normalized spacial score (nSPS) is 16.0. The SMILES string of the molecule is Cc1nn(-c2ccccc2)c(N2CCCSCC2)c1CCl. The lowest BCUT2D eigenvalue weighted by molar-refractivity contribution is 0.756. The van der Waals surface area contributed by atoms with Crippen LogP contribution in [0.3, 0.4) is 0 Å². The van der Waals surface area contributed by atoms with Crippen LogP contribution in [0.4, 0.5) is 5.82 Å². The number of aryl methyl sites for hydroxylation is 1. The molecule has 0 atom stereocenters. The molecule has 112 valence electrons. The number of hydrogen-bond donors (Lipinski definition) is 0. The van der Waals surface area contributed by atoms with Gasteiger partial charge in [0.1, 0.15) is 5.82 Å². The number of para-hydroxylation sites is 1. The number of halogens is 1. The Morgan fingerprint density at radius 2 is 2.00 bits per heavy atom. The van der Waals surface area contributed by atoms with Gasteiger partial charge in [0, 0.05) is 24.4 Å². The summed E-state index contributed by atoms with van der Waals surface area (Å²) in [5, 5.41) is 4.74. The quantitative estimate of drug-likeness (QED) is 0.801. The maximum Gasteiger partial charge on any atom is 0.137 e. The topological polar surface area (TPSA) is 21.1 Å². The molecule has 3 rings (SSSR count). The summed E-state index contributed by atoms with van der Waals surface area (Å²) in [6, 6.07) is 10.3. The second-order valence-electron chi connectivity index (χ2n) is 5.22. The van der Waals surface area contributed by atoms with Crippen LogP contribution in [0.5, 0.6) is 0 Å². The number of thioether (sulfide) groups is 1. The summed E-state index contributed by atoms with van der Waals surface area (Å²) in [5.41, 5.74) is 3.29. The molecule has 0 spiro atoms. The maximum atomic E-state index is 6.21. The molecule has 0 amide bonds. The molecule has 0 radical (unpaired) electrons. The summed E-state index contributed by atoms with van der Waals surface area (Å²) >= 11 is 8.24. The Morgan fingerprint density at radius 1 is 1.19 bits per heavy atom. The van der Waals surface area contributed by atoms with Crippen LogP contribution in [0.15, 0.2) is 30.3 Å². The second kappa shape index (κ2) is 6.75. The molecule has 0 N–H and O–H groups in total. The Hall–Kier alpha value is -1.13. The third-order valence-electron chi connectivity index (χ3n) is 3.81. The number of nitrogens with zero attached hydrogens (tertiary/aromatic N) is 3. The second-order valence-corrected chi connectivity index (χ2v) is 6.71. The van der Waals surface area contributed by atoms with Crippen LogP contribution in [0.1, 0.15) is 17.7 Å². The first-order valence-electron chi connectivity index (χ1n) is 7.34. The summed E-state index contributed by atoms with van der Waals surface area (Å²) in [6.07, 6.45) is 1.21. The van der Waals surface area contributed by atoms with E-state index in [2.05, 4.69) is 33.8 Å². The first-order valence-corrected chi connectivity index (χ1v) is 9.02. The van der Waals surface area contributed by atoms with E-state index >= 15 is 0 Å². The predicted octanol–water partition coefficient (Wildman–Crippen LogP) is 3.86. The van der Waals surface area contributed by atoms with E-state index in [-0.39, 0.29) is 0 Å². The van der Waals surface area contributed by atoms with Crippen molar-refractivity contribution in [3.8, 4) is 5.69 Å². The van der Waals surface area contributed by atoms with Crippen molar-refractivity contribution in [2.45, 2.75) is 19.2 Å². The molecular weight excluding hydrogens is 302 g/mol. The van der Waals surface area contributed by atoms with Crippen molar-refractivity contribution >= 4 is 29.2 Å². The van der Waals surface area contributed by atoms with Gasteiger partial charge in [-0.3, -0.25) is 0 Å². The van der Waals surface area contributed by atoms with Gasteiger partial charge in [-0.05, 0) is 31.2 Å². The highest BCUT2D eigenvalue weighted by Gasteiger charge is 2.22. The van der Waals surface area contributed by atoms with Gasteiger partial charge in [-0.1, -0.05) is 18.2 Å². The summed E-state index contributed by atoms with van der Waals surface area (Å²) < 4.78 is 2.06. The molecule has 2 aromatic rings. The molecule has 1 aromatic heterocycles. The van der Waals surface area contributed by atoms with Crippen molar-refractivity contribution in [1.29, 1.82) is 0 Å². The Balaban J connectivity index is 2.07. The summed E-state index contributed by atoms with van der Waals surface area (Å²) in [4.78, 5) is 2.45. The monoisotopic (exact) mass is 321 g/mol. The fourth-order valence-corrected chi connectivity index (χ4v) is 3.94. The lowest BCUT2D eigenvalue weighted by atomic mass is 10.2. The average molecular weight is 322 g/mol. The molecule has 1 fully saturated rings. The van der Waals surface area contributed by atoms with Crippen molar-refractivity contribution in [1.82, 2.24) is 9.78 Å². The lowest BCUT2D eigenvalue weighted by Crippen LogP contribution is -2.28. The fraction of sp³-hybridized carbons (Fsp3) is 0.438. The van der Waals surface area contributed by atoms with Gasteiger partial charge in [-0.15, -0.1) is 11.6 Å². The maximum absolute atomic E-state index is 6.21. The van der Waals surface area contributed by atoms with E-state index in [1.165, 1.54) is 23.7 Å². The molecule has 0 bridgehead atoms. The molecule has 1 saturated heterocycles. The number of anilines is 1. The molecule has 21 heavy (non-hydrogen) atoms. The minimum atomic E-state index is 0.512. The van der Waals surface area contributed by atoms with Gasteiger partial charge >= 0.3 is 0 Å². The molecule has 0 unspecified atom stereocenters. The molecule has 1 aliphatic rings. The summed E-state index contributed by atoms with van der Waals surface area (Å²) in [5.74, 6) is 4.10. The number of rotatable bonds is 3. The number of hydrogen-bond acceptors (Lipinski definition) is 3. The van der Waals surface area contributed by atoms with Crippen LogP contribution < -0.4 is 4.90 Å². The Kier molecular flexibility index (Phi) is 4.76. The van der Waals surface area contributed by atoms with Crippen LogP contribution in [-0.2, 0) is 5.88 Å². The standard InChI is InChI=1S/C16H20ClN3S/c1-13-15(12-17)16(19-8-5-10-21-11-9-19)20(18-13)14-6-3-2-4-7-14/h2-4,6-7H,5,8-12H2,1H3. The fourth-order valence-electron chi connectivity index (χ4n) is 2.74. The van der Waals surface area contributed by atoms with Crippen molar-refractivity contribution in [2.24, 2.45) is 0 Å². The highest BCUT2D eigenvalue weighted by Crippen LogP contribution is 2.30. The van der Waals surface area contributed by atoms with Crippen LogP contribution in [0.2, 0.25) is 0 Å². The van der Waals surface area contributed by atoms with Crippen molar-refractivity contribution in [3.05, 3.63) is 41.6 Å². The van der Waals surface area contributed by atoms with Gasteiger partial charge in [-0.2, -0.15) is 16.9 Å². The van der Waals surface area contributed by atoms with Gasteiger partial charge in [0.25, 0.3) is 0 Å². The third kappa shape index (κ3) is 3.06. The van der Waals surface area contributed by atoms with E-state index in [1.54, 1.807) is 0 Å². The zero-order chi connectivity index (χ0) is 14.7. The largest absolute Gasteiger partial charge is 0.355 e. The van der Waals surface area contributed by atoms with Gasteiger partial charge in [0.05, 0.1) is 17.3 Å². The zero-order valence-corrected chi connectivity index (χ0v) is 13.8. The van der Waals surface area contributed by atoms with E-state index in [4.69, 9.17) is 16.7 Å². The predicted molar refractivity (Wildman–Crippen MR) is 92.0 cm³/mol. The molecule has 0 saturated carbocycles. The zero-order valence-electron chi connectivity index (χ0n) is 12.3. The van der Waals surface area contributed by atoms with Crippen LogP contribution in [-0.4, -0.2) is 34.4 Å². The average Bonchev–Trinajstić information content (AvgIpc) is 2.69. The van der Waals surface area contributed by atoms with E-state index in [1.807, 2.05) is 24.8 Å². The third-order valence-corrected chi connectivity index (χ3v) is 5.13. The first-order chi connectivity index (χ1) is 10.3. The highest BCUT2D eigenvalue weighted by molar-refractivity contribution is 7.99. The van der Waals surface area contributed by atoms with E-state index in [0.717, 1.165) is 30.0 Å². The molecule has 5 heteroatoms. The number of benzene rings is 1. The Bertz CT molecular complexity index is 589. The summed E-state index contributed by atoms with van der Waals surface area (Å²) in [7, 11) is 0. The van der Waals surface area contributed by atoms with Crippen LogP contribution in [0.25, 0.3) is 5.69 Å². The van der Waals surface area contributed by atoms with Crippen molar-refractivity contribution in [3.63, 3.8) is 0 Å². The minimum Gasteiger partial charge on any atom is -0.355 e. The molecule has 2 heterocycles. The van der Waals surface area contributed by atoms with Gasteiger partial charge in [0.15, 0.2) is 0 Å². The number of alkyl halides is 1. The molecule has 3 nitrogen and oxygen atoms in total. The smallest absolute Gasteiger partial charge is 0.137 e. The number of aromatic nitrogens is 2. The van der Waals surface area contributed by atoms with Gasteiger partial charge in [0.2, 0.25) is 0 Å². The Labute approximate surface area is 135 Å². The summed E-state index contributed by atoms with van der Waals surface area (Å²) in [6.45, 7) is 4.19. The van der Waals surface area contributed by atoms with E-state index < -0.39 is 0 Å². The van der Waals surface area contributed by atoms with Crippen molar-refractivity contribution < 1.29 is 0 Å². The minimum absolute atomic E-state index is 0.512. The van der Waals surface area contributed by atoms with Crippen LogP contribution in [0, 0.1) is 6.92 Å². The molecular formula is C16H20ClN3S. The first kappa shape index (κ1) is 14.8. The van der Waals surface area contributed by atoms with E-state index in [9.17, 15) is 0 Å². The molecule has 0 aliphatic carbocycles.